The fourth-order valence-corrected chi connectivity index (χ4v) is 3.21. The standard InChI is InChI=1S/C18H15NO3/c20-17-9-16(18(21)19-17)22-10-12-5-3-7-14-13-6-2-1-4-11(13)8-15(12)14/h1-7,16H,8-10H2,(H,19,20,21). The van der Waals surface area contributed by atoms with Gasteiger partial charge >= 0.3 is 0 Å². The molecule has 1 aliphatic heterocycles. The molecular weight excluding hydrogens is 278 g/mol. The number of imide groups is 1. The third-order valence-corrected chi connectivity index (χ3v) is 4.31. The van der Waals surface area contributed by atoms with Crippen molar-refractivity contribution in [3.05, 3.63) is 59.2 Å². The molecule has 2 aliphatic rings. The number of carbonyl (C=O) groups is 2. The maximum Gasteiger partial charge on any atom is 0.256 e. The molecule has 0 spiro atoms. The molecule has 2 aromatic rings. The molecule has 4 rings (SSSR count). The Labute approximate surface area is 128 Å². The van der Waals surface area contributed by atoms with E-state index in [1.807, 2.05) is 18.2 Å². The summed E-state index contributed by atoms with van der Waals surface area (Å²) in [5.41, 5.74) is 6.17. The SMILES string of the molecule is O=C1CC(OCc2cccc3c2Cc2ccccc2-3)C(=O)N1. The van der Waals surface area contributed by atoms with Gasteiger partial charge in [0.2, 0.25) is 5.91 Å². The molecule has 1 atom stereocenters. The molecule has 4 heteroatoms. The summed E-state index contributed by atoms with van der Waals surface area (Å²) in [6.07, 6.45) is 0.349. The van der Waals surface area contributed by atoms with Gasteiger partial charge in [0.1, 0.15) is 6.10 Å². The van der Waals surface area contributed by atoms with Gasteiger partial charge in [-0.2, -0.15) is 0 Å². The summed E-state index contributed by atoms with van der Waals surface area (Å²) in [5.74, 6) is -0.596. The Hall–Kier alpha value is -2.46. The van der Waals surface area contributed by atoms with Gasteiger partial charge in [0.15, 0.2) is 0 Å². The summed E-state index contributed by atoms with van der Waals surface area (Å²) >= 11 is 0. The van der Waals surface area contributed by atoms with E-state index in [0.717, 1.165) is 12.0 Å². The van der Waals surface area contributed by atoms with Crippen molar-refractivity contribution in [3.63, 3.8) is 0 Å². The number of hydrogen-bond donors (Lipinski definition) is 1. The van der Waals surface area contributed by atoms with Gasteiger partial charge < -0.3 is 4.74 Å². The Balaban J connectivity index is 1.58. The first-order valence-electron chi connectivity index (χ1n) is 7.37. The number of rotatable bonds is 3. The van der Waals surface area contributed by atoms with E-state index in [0.29, 0.717) is 6.61 Å². The van der Waals surface area contributed by atoms with Crippen LogP contribution >= 0.6 is 0 Å². The van der Waals surface area contributed by atoms with E-state index in [4.69, 9.17) is 4.74 Å². The normalized spacial score (nSPS) is 19.0. The van der Waals surface area contributed by atoms with Crippen molar-refractivity contribution in [3.8, 4) is 11.1 Å². The van der Waals surface area contributed by atoms with Crippen LogP contribution in [0.2, 0.25) is 0 Å². The Morgan fingerprint density at radius 3 is 2.68 bits per heavy atom. The van der Waals surface area contributed by atoms with E-state index in [1.165, 1.54) is 22.3 Å². The van der Waals surface area contributed by atoms with Crippen LogP contribution in [0.3, 0.4) is 0 Å². The fraction of sp³-hybridized carbons (Fsp3) is 0.222. The average Bonchev–Trinajstić information content (AvgIpc) is 3.05. The van der Waals surface area contributed by atoms with Crippen LogP contribution < -0.4 is 5.32 Å². The molecule has 0 saturated carbocycles. The smallest absolute Gasteiger partial charge is 0.256 e. The molecule has 110 valence electrons. The van der Waals surface area contributed by atoms with E-state index in [2.05, 4.69) is 29.6 Å². The highest BCUT2D eigenvalue weighted by Crippen LogP contribution is 2.38. The average molecular weight is 293 g/mol. The van der Waals surface area contributed by atoms with Crippen LogP contribution in [0.15, 0.2) is 42.5 Å². The first-order valence-corrected chi connectivity index (χ1v) is 7.37. The van der Waals surface area contributed by atoms with Gasteiger partial charge in [-0.15, -0.1) is 0 Å². The number of benzene rings is 2. The number of ether oxygens (including phenoxy) is 1. The van der Waals surface area contributed by atoms with Gasteiger partial charge in [-0.1, -0.05) is 42.5 Å². The second-order valence-electron chi connectivity index (χ2n) is 5.69. The summed E-state index contributed by atoms with van der Waals surface area (Å²) in [6, 6.07) is 14.5. The molecule has 2 amide bonds. The zero-order valence-electron chi connectivity index (χ0n) is 12.0. The van der Waals surface area contributed by atoms with E-state index < -0.39 is 6.10 Å². The summed E-state index contributed by atoms with van der Waals surface area (Å²) < 4.78 is 5.66. The highest BCUT2D eigenvalue weighted by Gasteiger charge is 2.31. The maximum atomic E-state index is 11.6. The number of nitrogens with one attached hydrogen (secondary N) is 1. The van der Waals surface area contributed by atoms with Crippen molar-refractivity contribution >= 4 is 11.8 Å². The van der Waals surface area contributed by atoms with E-state index >= 15 is 0 Å². The van der Waals surface area contributed by atoms with Gasteiger partial charge in [0.25, 0.3) is 5.91 Å². The van der Waals surface area contributed by atoms with E-state index in [9.17, 15) is 9.59 Å². The Kier molecular flexibility index (Phi) is 3.05. The molecule has 1 unspecified atom stereocenters. The Morgan fingerprint density at radius 1 is 1.05 bits per heavy atom. The number of carbonyl (C=O) groups excluding carboxylic acids is 2. The molecule has 0 aromatic heterocycles. The van der Waals surface area contributed by atoms with Crippen molar-refractivity contribution < 1.29 is 14.3 Å². The molecule has 4 nitrogen and oxygen atoms in total. The topological polar surface area (TPSA) is 55.4 Å². The van der Waals surface area contributed by atoms with E-state index in [-0.39, 0.29) is 18.2 Å². The summed E-state index contributed by atoms with van der Waals surface area (Å²) in [5, 5.41) is 2.27. The minimum atomic E-state index is -0.660. The molecule has 1 heterocycles. The summed E-state index contributed by atoms with van der Waals surface area (Å²) in [4.78, 5) is 22.8. The van der Waals surface area contributed by atoms with E-state index in [1.54, 1.807) is 0 Å². The first-order chi connectivity index (χ1) is 10.7. The molecule has 0 radical (unpaired) electrons. The third-order valence-electron chi connectivity index (χ3n) is 4.31. The van der Waals surface area contributed by atoms with Crippen molar-refractivity contribution in [1.82, 2.24) is 5.32 Å². The van der Waals surface area contributed by atoms with Gasteiger partial charge in [-0.3, -0.25) is 14.9 Å². The molecule has 0 bridgehead atoms. The van der Waals surface area contributed by atoms with Gasteiger partial charge in [-0.25, -0.2) is 0 Å². The fourth-order valence-electron chi connectivity index (χ4n) is 3.21. The Bertz CT molecular complexity index is 782. The summed E-state index contributed by atoms with van der Waals surface area (Å²) in [7, 11) is 0. The molecular formula is C18H15NO3. The Morgan fingerprint density at radius 2 is 1.86 bits per heavy atom. The summed E-state index contributed by atoms with van der Waals surface area (Å²) in [6.45, 7) is 0.350. The molecule has 22 heavy (non-hydrogen) atoms. The number of amides is 2. The van der Waals surface area contributed by atoms with Crippen molar-refractivity contribution in [2.45, 2.75) is 25.6 Å². The molecule has 1 aliphatic carbocycles. The molecule has 2 aromatic carbocycles. The van der Waals surface area contributed by atoms with Crippen molar-refractivity contribution in [1.29, 1.82) is 0 Å². The van der Waals surface area contributed by atoms with Crippen molar-refractivity contribution in [2.75, 3.05) is 0 Å². The van der Waals surface area contributed by atoms with Gasteiger partial charge in [-0.05, 0) is 34.2 Å². The lowest BCUT2D eigenvalue weighted by Crippen LogP contribution is -2.26. The maximum absolute atomic E-state index is 11.6. The molecule has 1 N–H and O–H groups in total. The zero-order valence-corrected chi connectivity index (χ0v) is 12.0. The monoisotopic (exact) mass is 293 g/mol. The lowest BCUT2D eigenvalue weighted by molar-refractivity contribution is -0.130. The minimum Gasteiger partial charge on any atom is -0.363 e. The van der Waals surface area contributed by atoms with Crippen LogP contribution in [0, 0.1) is 0 Å². The van der Waals surface area contributed by atoms with Crippen LogP contribution in [-0.4, -0.2) is 17.9 Å². The minimum absolute atomic E-state index is 0.119. The largest absolute Gasteiger partial charge is 0.363 e. The second kappa shape index (κ2) is 5.07. The molecule has 1 saturated heterocycles. The van der Waals surface area contributed by atoms with Crippen molar-refractivity contribution in [2.24, 2.45) is 0 Å². The lowest BCUT2D eigenvalue weighted by Gasteiger charge is -2.12. The quantitative estimate of drug-likeness (QED) is 0.753. The highest BCUT2D eigenvalue weighted by molar-refractivity contribution is 6.04. The first kappa shape index (κ1) is 13.2. The van der Waals surface area contributed by atoms with Crippen LogP contribution in [0.5, 0.6) is 0 Å². The highest BCUT2D eigenvalue weighted by atomic mass is 16.5. The number of hydrogen-bond acceptors (Lipinski definition) is 3. The number of fused-ring (bicyclic) bond motifs is 3. The zero-order chi connectivity index (χ0) is 15.1. The second-order valence-corrected chi connectivity index (χ2v) is 5.69. The predicted molar refractivity (Wildman–Crippen MR) is 81.0 cm³/mol. The molecule has 1 fully saturated rings. The van der Waals surface area contributed by atoms with Gasteiger partial charge in [0, 0.05) is 0 Å². The van der Waals surface area contributed by atoms with Gasteiger partial charge in [0.05, 0.1) is 13.0 Å². The predicted octanol–water partition coefficient (Wildman–Crippen LogP) is 2.19. The van der Waals surface area contributed by atoms with Crippen LogP contribution in [0.4, 0.5) is 0 Å². The third kappa shape index (κ3) is 2.12. The van der Waals surface area contributed by atoms with Crippen LogP contribution in [0.25, 0.3) is 11.1 Å². The lowest BCUT2D eigenvalue weighted by atomic mass is 10.0. The van der Waals surface area contributed by atoms with Crippen LogP contribution in [0.1, 0.15) is 23.1 Å². The van der Waals surface area contributed by atoms with Crippen LogP contribution in [-0.2, 0) is 27.4 Å².